The zero-order valence-corrected chi connectivity index (χ0v) is 8.26. The monoisotopic (exact) mass is 214 g/mol. The van der Waals surface area contributed by atoms with Gasteiger partial charge in [-0.2, -0.15) is 18.4 Å². The molecule has 15 heavy (non-hydrogen) atoms. The van der Waals surface area contributed by atoms with Gasteiger partial charge in [0.15, 0.2) is 0 Å². The van der Waals surface area contributed by atoms with Crippen molar-refractivity contribution in [1.29, 1.82) is 5.26 Å². The number of rotatable bonds is 1. The number of hydrogen-bond donors (Lipinski definition) is 0. The molecule has 5 heteroatoms. The van der Waals surface area contributed by atoms with Crippen LogP contribution in [0.25, 0.3) is 0 Å². The van der Waals surface area contributed by atoms with Crippen molar-refractivity contribution in [3.05, 3.63) is 29.6 Å². The summed E-state index contributed by atoms with van der Waals surface area (Å²) in [5, 5.41) is 8.80. The van der Waals surface area contributed by atoms with Gasteiger partial charge in [0, 0.05) is 12.4 Å². The highest BCUT2D eigenvalue weighted by Gasteiger charge is 2.37. The molecule has 0 unspecified atom stereocenters. The molecule has 0 aromatic carbocycles. The summed E-state index contributed by atoms with van der Waals surface area (Å²) >= 11 is 0. The summed E-state index contributed by atoms with van der Waals surface area (Å²) in [6, 6.07) is 3.07. The van der Waals surface area contributed by atoms with E-state index in [2.05, 4.69) is 4.98 Å². The summed E-state index contributed by atoms with van der Waals surface area (Å²) in [6.07, 6.45) is -2.48. The van der Waals surface area contributed by atoms with Gasteiger partial charge in [0.25, 0.3) is 0 Å². The van der Waals surface area contributed by atoms with Crippen LogP contribution in [-0.4, -0.2) is 4.98 Å². The molecule has 0 amide bonds. The van der Waals surface area contributed by atoms with Crippen molar-refractivity contribution in [2.45, 2.75) is 25.4 Å². The SMILES string of the molecule is CC(C)(C#N)c1ccncc1C(F)(F)F. The predicted molar refractivity (Wildman–Crippen MR) is 47.9 cm³/mol. The van der Waals surface area contributed by atoms with E-state index in [9.17, 15) is 13.2 Å². The molecule has 0 atom stereocenters. The van der Waals surface area contributed by atoms with E-state index in [0.29, 0.717) is 0 Å². The highest BCUT2D eigenvalue weighted by atomic mass is 19.4. The second kappa shape index (κ2) is 3.54. The third kappa shape index (κ3) is 2.27. The predicted octanol–water partition coefficient (Wildman–Crippen LogP) is 2.90. The minimum absolute atomic E-state index is 0.0486. The van der Waals surface area contributed by atoms with Crippen LogP contribution in [0.15, 0.2) is 18.5 Å². The van der Waals surface area contributed by atoms with Crippen molar-refractivity contribution < 1.29 is 13.2 Å². The Hall–Kier alpha value is -1.57. The fraction of sp³-hybridized carbons (Fsp3) is 0.400. The topological polar surface area (TPSA) is 36.7 Å². The Bertz CT molecular complexity index is 402. The number of alkyl halides is 3. The van der Waals surface area contributed by atoms with Crippen molar-refractivity contribution >= 4 is 0 Å². The Morgan fingerprint density at radius 3 is 2.33 bits per heavy atom. The van der Waals surface area contributed by atoms with Crippen LogP contribution in [0, 0.1) is 11.3 Å². The molecule has 0 N–H and O–H groups in total. The van der Waals surface area contributed by atoms with E-state index in [0.717, 1.165) is 6.20 Å². The first-order valence-electron chi connectivity index (χ1n) is 4.22. The van der Waals surface area contributed by atoms with Crippen molar-refractivity contribution in [2.75, 3.05) is 0 Å². The van der Waals surface area contributed by atoms with Gasteiger partial charge in [0.1, 0.15) is 0 Å². The van der Waals surface area contributed by atoms with Crippen molar-refractivity contribution in [3.8, 4) is 6.07 Å². The van der Waals surface area contributed by atoms with Crippen LogP contribution < -0.4 is 0 Å². The van der Waals surface area contributed by atoms with E-state index in [-0.39, 0.29) is 5.56 Å². The van der Waals surface area contributed by atoms with Crippen LogP contribution in [0.4, 0.5) is 13.2 Å². The van der Waals surface area contributed by atoms with Gasteiger partial charge in [-0.15, -0.1) is 0 Å². The molecule has 0 aliphatic heterocycles. The third-order valence-electron chi connectivity index (χ3n) is 2.08. The lowest BCUT2D eigenvalue weighted by atomic mass is 9.84. The molecule has 1 heterocycles. The summed E-state index contributed by atoms with van der Waals surface area (Å²) in [5.41, 5.74) is -2.07. The molecule has 0 fully saturated rings. The van der Waals surface area contributed by atoms with Crippen LogP contribution >= 0.6 is 0 Å². The molecule has 0 saturated heterocycles. The van der Waals surface area contributed by atoms with Crippen molar-refractivity contribution in [2.24, 2.45) is 0 Å². The molecule has 0 radical (unpaired) electrons. The second-order valence-electron chi connectivity index (χ2n) is 3.66. The van der Waals surface area contributed by atoms with E-state index in [4.69, 9.17) is 5.26 Å². The van der Waals surface area contributed by atoms with Crippen LogP contribution in [0.2, 0.25) is 0 Å². The first kappa shape index (κ1) is 11.5. The number of aromatic nitrogens is 1. The Morgan fingerprint density at radius 2 is 1.87 bits per heavy atom. The largest absolute Gasteiger partial charge is 0.418 e. The average Bonchev–Trinajstić information content (AvgIpc) is 2.16. The van der Waals surface area contributed by atoms with Gasteiger partial charge in [-0.05, 0) is 25.5 Å². The van der Waals surface area contributed by atoms with Crippen LogP contribution in [0.3, 0.4) is 0 Å². The van der Waals surface area contributed by atoms with E-state index in [1.807, 2.05) is 6.07 Å². The molecule has 0 bridgehead atoms. The normalized spacial score (nSPS) is 12.3. The zero-order chi connectivity index (χ0) is 11.7. The van der Waals surface area contributed by atoms with Gasteiger partial charge in [0.05, 0.1) is 17.0 Å². The maximum absolute atomic E-state index is 12.6. The molecule has 1 rings (SSSR count). The van der Waals surface area contributed by atoms with E-state index >= 15 is 0 Å². The van der Waals surface area contributed by atoms with Crippen LogP contribution in [0.5, 0.6) is 0 Å². The van der Waals surface area contributed by atoms with E-state index in [1.165, 1.54) is 26.1 Å². The molecule has 0 saturated carbocycles. The summed E-state index contributed by atoms with van der Waals surface area (Å²) in [6.45, 7) is 2.88. The maximum atomic E-state index is 12.6. The fourth-order valence-corrected chi connectivity index (χ4v) is 1.23. The zero-order valence-electron chi connectivity index (χ0n) is 8.26. The van der Waals surface area contributed by atoms with Gasteiger partial charge in [-0.25, -0.2) is 0 Å². The molecule has 1 aromatic rings. The molecule has 2 nitrogen and oxygen atoms in total. The van der Waals surface area contributed by atoms with Gasteiger partial charge < -0.3 is 0 Å². The van der Waals surface area contributed by atoms with Crippen LogP contribution in [-0.2, 0) is 11.6 Å². The molecule has 0 aliphatic rings. The lowest BCUT2D eigenvalue weighted by molar-refractivity contribution is -0.138. The van der Waals surface area contributed by atoms with E-state index < -0.39 is 17.2 Å². The van der Waals surface area contributed by atoms with E-state index in [1.54, 1.807) is 0 Å². The van der Waals surface area contributed by atoms with Gasteiger partial charge in [0.2, 0.25) is 0 Å². The summed E-state index contributed by atoms with van der Waals surface area (Å²) < 4.78 is 37.7. The lowest BCUT2D eigenvalue weighted by Gasteiger charge is -2.20. The first-order valence-corrected chi connectivity index (χ1v) is 4.22. The van der Waals surface area contributed by atoms with Gasteiger partial charge in [-0.1, -0.05) is 0 Å². The number of halogens is 3. The minimum atomic E-state index is -4.47. The molecule has 1 aromatic heterocycles. The summed E-state index contributed by atoms with van der Waals surface area (Å²) in [4.78, 5) is 3.43. The standard InChI is InChI=1S/C10H9F3N2/c1-9(2,6-14)7-3-4-15-5-8(7)10(11,12)13/h3-5H,1-2H3. The summed E-state index contributed by atoms with van der Waals surface area (Å²) in [7, 11) is 0. The minimum Gasteiger partial charge on any atom is -0.264 e. The maximum Gasteiger partial charge on any atom is 0.418 e. The second-order valence-corrected chi connectivity index (χ2v) is 3.66. The van der Waals surface area contributed by atoms with Gasteiger partial charge in [-0.3, -0.25) is 4.98 Å². The van der Waals surface area contributed by atoms with Crippen molar-refractivity contribution in [3.63, 3.8) is 0 Å². The smallest absolute Gasteiger partial charge is 0.264 e. The Balaban J connectivity index is 3.39. The van der Waals surface area contributed by atoms with Crippen LogP contribution in [0.1, 0.15) is 25.0 Å². The summed E-state index contributed by atoms with van der Waals surface area (Å²) in [5.74, 6) is 0. The average molecular weight is 214 g/mol. The Kier molecular flexibility index (Phi) is 2.71. The molecule has 0 aliphatic carbocycles. The highest BCUT2D eigenvalue weighted by Crippen LogP contribution is 2.36. The third-order valence-corrected chi connectivity index (χ3v) is 2.08. The first-order chi connectivity index (χ1) is 6.79. The molecular formula is C10H9F3N2. The number of nitrogens with zero attached hydrogens (tertiary/aromatic N) is 2. The molecule has 80 valence electrons. The molecular weight excluding hydrogens is 205 g/mol. The number of pyridine rings is 1. The highest BCUT2D eigenvalue weighted by molar-refractivity contribution is 5.37. The Labute approximate surface area is 85.4 Å². The van der Waals surface area contributed by atoms with Crippen molar-refractivity contribution in [1.82, 2.24) is 4.98 Å². The quantitative estimate of drug-likeness (QED) is 0.720. The fourth-order valence-electron chi connectivity index (χ4n) is 1.23. The molecule has 0 spiro atoms. The number of nitriles is 1. The van der Waals surface area contributed by atoms with Gasteiger partial charge >= 0.3 is 6.18 Å². The Morgan fingerprint density at radius 1 is 1.27 bits per heavy atom. The number of hydrogen-bond acceptors (Lipinski definition) is 2. The lowest BCUT2D eigenvalue weighted by Crippen LogP contribution is -2.21.